The average Bonchev–Trinajstić information content (AvgIpc) is 2.55. The smallest absolute Gasteiger partial charge is 0.169 e. The monoisotopic (exact) mass is 200 g/mol. The summed E-state index contributed by atoms with van der Waals surface area (Å²) in [5.41, 5.74) is 0. The summed E-state index contributed by atoms with van der Waals surface area (Å²) in [6.07, 6.45) is 2.59. The molecule has 0 aliphatic rings. The summed E-state index contributed by atoms with van der Waals surface area (Å²) < 4.78 is 10.4. The maximum atomic E-state index is 9.10. The average molecular weight is 200 g/mol. The first-order chi connectivity index (χ1) is 6.29. The van der Waals surface area contributed by atoms with Gasteiger partial charge in [0.2, 0.25) is 0 Å². The Morgan fingerprint density at radius 1 is 1.62 bits per heavy atom. The van der Waals surface area contributed by atoms with Crippen LogP contribution in [0.3, 0.4) is 0 Å². The minimum absolute atomic E-state index is 0.536. The molecule has 13 heavy (non-hydrogen) atoms. The summed E-state index contributed by atoms with van der Waals surface area (Å²) in [5, 5.41) is 0. The first kappa shape index (κ1) is 10.5. The van der Waals surface area contributed by atoms with Gasteiger partial charge >= 0.3 is 0 Å². The zero-order valence-electron chi connectivity index (χ0n) is 7.90. The van der Waals surface area contributed by atoms with Gasteiger partial charge in [-0.1, -0.05) is 0 Å². The van der Waals surface area contributed by atoms with Crippen LogP contribution in [0.15, 0.2) is 22.8 Å². The van der Waals surface area contributed by atoms with Gasteiger partial charge < -0.3 is 13.9 Å². The van der Waals surface area contributed by atoms with Gasteiger partial charge in [0.15, 0.2) is 9.04 Å². The highest BCUT2D eigenvalue weighted by Crippen LogP contribution is 2.03. The fraction of sp³-hybridized carbons (Fsp3) is 0.556. The van der Waals surface area contributed by atoms with E-state index in [-0.39, 0.29) is 0 Å². The Morgan fingerprint density at radius 2 is 2.46 bits per heavy atom. The summed E-state index contributed by atoms with van der Waals surface area (Å²) in [7, 11) is -1.38. The van der Waals surface area contributed by atoms with Crippen LogP contribution in [0, 0.1) is 0 Å². The Labute approximate surface area is 80.1 Å². The third-order valence-corrected chi connectivity index (χ3v) is 2.98. The van der Waals surface area contributed by atoms with Crippen molar-refractivity contribution in [1.29, 1.82) is 0 Å². The summed E-state index contributed by atoms with van der Waals surface area (Å²) >= 11 is 0. The number of ether oxygens (including phenoxy) is 1. The molecule has 1 N–H and O–H groups in total. The van der Waals surface area contributed by atoms with Crippen molar-refractivity contribution < 1.29 is 13.9 Å². The van der Waals surface area contributed by atoms with E-state index < -0.39 is 9.04 Å². The normalized spacial score (nSPS) is 13.1. The number of hydrogen-bond acceptors (Lipinski definition) is 3. The van der Waals surface area contributed by atoms with Gasteiger partial charge in [-0.3, -0.25) is 0 Å². The molecule has 1 heterocycles. The number of hydrogen-bond donors (Lipinski definition) is 1. The second-order valence-electron chi connectivity index (χ2n) is 3.12. The zero-order valence-corrected chi connectivity index (χ0v) is 9.06. The third kappa shape index (κ3) is 4.87. The van der Waals surface area contributed by atoms with E-state index >= 15 is 0 Å². The molecular weight excluding hydrogens is 184 g/mol. The van der Waals surface area contributed by atoms with Gasteiger partial charge in [0.05, 0.1) is 6.26 Å². The highest BCUT2D eigenvalue weighted by molar-refractivity contribution is 6.48. The topological polar surface area (TPSA) is 42.6 Å². The van der Waals surface area contributed by atoms with Crippen LogP contribution in [0.1, 0.15) is 12.2 Å². The lowest BCUT2D eigenvalue weighted by molar-refractivity contribution is 0.106. The molecule has 0 bridgehead atoms. The van der Waals surface area contributed by atoms with Gasteiger partial charge in [-0.15, -0.1) is 0 Å². The van der Waals surface area contributed by atoms with Crippen molar-refractivity contribution in [1.82, 2.24) is 0 Å². The van der Waals surface area contributed by atoms with Gasteiger partial charge in [-0.25, -0.2) is 0 Å². The molecule has 74 valence electrons. The van der Waals surface area contributed by atoms with Crippen molar-refractivity contribution in [3.8, 4) is 0 Å². The molecule has 1 aromatic rings. The van der Waals surface area contributed by atoms with E-state index in [2.05, 4.69) is 0 Å². The SMILES string of the molecule is C[SiH](O)CCCOCc1ccco1. The zero-order chi connectivity index (χ0) is 9.52. The maximum absolute atomic E-state index is 9.10. The standard InChI is InChI=1S/C9H16O3Si/c1-13(10)7-3-5-11-8-9-4-2-6-12-9/h2,4,6,10,13H,3,5,7-8H2,1H3. The summed E-state index contributed by atoms with van der Waals surface area (Å²) in [4.78, 5) is 9.10. The van der Waals surface area contributed by atoms with Crippen LogP contribution >= 0.6 is 0 Å². The van der Waals surface area contributed by atoms with Crippen LogP contribution in [0.25, 0.3) is 0 Å². The fourth-order valence-electron chi connectivity index (χ4n) is 1.05. The van der Waals surface area contributed by atoms with E-state index in [4.69, 9.17) is 13.9 Å². The minimum Gasteiger partial charge on any atom is -0.467 e. The number of furan rings is 1. The van der Waals surface area contributed by atoms with Crippen molar-refractivity contribution in [2.75, 3.05) is 6.61 Å². The van der Waals surface area contributed by atoms with Crippen molar-refractivity contribution in [3.63, 3.8) is 0 Å². The van der Waals surface area contributed by atoms with Crippen LogP contribution in [0.2, 0.25) is 12.6 Å². The predicted molar refractivity (Wildman–Crippen MR) is 53.0 cm³/mol. The summed E-state index contributed by atoms with van der Waals surface area (Å²) in [6.45, 7) is 3.17. The van der Waals surface area contributed by atoms with Crippen molar-refractivity contribution >= 4 is 9.04 Å². The van der Waals surface area contributed by atoms with Crippen molar-refractivity contribution in [3.05, 3.63) is 24.2 Å². The Hall–Kier alpha value is -0.583. The quantitative estimate of drug-likeness (QED) is 0.559. The van der Waals surface area contributed by atoms with Gasteiger partial charge in [0.1, 0.15) is 12.4 Å². The lowest BCUT2D eigenvalue weighted by Gasteiger charge is -2.02. The largest absolute Gasteiger partial charge is 0.467 e. The van der Waals surface area contributed by atoms with Gasteiger partial charge in [-0.2, -0.15) is 0 Å². The highest BCUT2D eigenvalue weighted by atomic mass is 28.3. The molecule has 0 amide bonds. The molecule has 0 aromatic carbocycles. The predicted octanol–water partition coefficient (Wildman–Crippen LogP) is 1.53. The van der Waals surface area contributed by atoms with Crippen molar-refractivity contribution in [2.45, 2.75) is 25.6 Å². The fourth-order valence-corrected chi connectivity index (χ4v) is 1.81. The Morgan fingerprint density at radius 3 is 3.08 bits per heavy atom. The van der Waals surface area contributed by atoms with Gasteiger partial charge in [0, 0.05) is 6.61 Å². The Kier molecular flexibility index (Phi) is 4.81. The van der Waals surface area contributed by atoms with E-state index in [1.807, 2.05) is 18.7 Å². The third-order valence-electron chi connectivity index (χ3n) is 1.73. The maximum Gasteiger partial charge on any atom is 0.169 e. The first-order valence-electron chi connectivity index (χ1n) is 4.57. The van der Waals surface area contributed by atoms with E-state index in [0.717, 1.165) is 18.2 Å². The Balaban J connectivity index is 1.96. The van der Waals surface area contributed by atoms with Crippen molar-refractivity contribution in [2.24, 2.45) is 0 Å². The molecular formula is C9H16O3Si. The minimum atomic E-state index is -1.38. The molecule has 4 heteroatoms. The summed E-state index contributed by atoms with van der Waals surface area (Å²) in [5.74, 6) is 0.856. The van der Waals surface area contributed by atoms with Gasteiger partial charge in [-0.05, 0) is 31.1 Å². The molecule has 1 rings (SSSR count). The van der Waals surface area contributed by atoms with E-state index in [1.165, 1.54) is 0 Å². The van der Waals surface area contributed by atoms with Crippen LogP contribution < -0.4 is 0 Å². The van der Waals surface area contributed by atoms with Crippen LogP contribution in [-0.4, -0.2) is 20.4 Å². The van der Waals surface area contributed by atoms with E-state index in [9.17, 15) is 0 Å². The molecule has 0 spiro atoms. The Bertz CT molecular complexity index is 209. The molecule has 3 nitrogen and oxygen atoms in total. The molecule has 1 aromatic heterocycles. The van der Waals surface area contributed by atoms with E-state index in [0.29, 0.717) is 13.2 Å². The lowest BCUT2D eigenvalue weighted by atomic mass is 10.5. The van der Waals surface area contributed by atoms with E-state index in [1.54, 1.807) is 6.26 Å². The number of rotatable bonds is 6. The lowest BCUT2D eigenvalue weighted by Crippen LogP contribution is -2.06. The summed E-state index contributed by atoms with van der Waals surface area (Å²) in [6, 6.07) is 4.67. The van der Waals surface area contributed by atoms with Crippen LogP contribution in [0.5, 0.6) is 0 Å². The molecule has 0 aliphatic carbocycles. The second kappa shape index (κ2) is 5.96. The molecule has 0 saturated carbocycles. The van der Waals surface area contributed by atoms with Crippen LogP contribution in [0.4, 0.5) is 0 Å². The molecule has 0 fully saturated rings. The molecule has 0 aliphatic heterocycles. The van der Waals surface area contributed by atoms with Gasteiger partial charge in [0.25, 0.3) is 0 Å². The molecule has 0 radical (unpaired) electrons. The molecule has 1 unspecified atom stereocenters. The highest BCUT2D eigenvalue weighted by Gasteiger charge is 1.99. The van der Waals surface area contributed by atoms with Crippen LogP contribution in [-0.2, 0) is 11.3 Å². The molecule has 0 saturated heterocycles. The first-order valence-corrected chi connectivity index (χ1v) is 7.06. The second-order valence-corrected chi connectivity index (χ2v) is 5.40. The molecule has 1 atom stereocenters.